The van der Waals surface area contributed by atoms with Crippen LogP contribution in [0.15, 0.2) is 11.0 Å². The molecule has 0 N–H and O–H groups in total. The molecule has 9 nitrogen and oxygen atoms in total. The molecular weight excluding hydrogens is 380 g/mol. The van der Waals surface area contributed by atoms with E-state index in [9.17, 15) is 4.79 Å². The SMILES string of the molecule is Cc1cn2c(nc1=O)OC1C(OC3CCCCO3)[C@@H](COC3CCCCO3)O[C@H]12. The van der Waals surface area contributed by atoms with Crippen LogP contribution in [-0.2, 0) is 23.7 Å². The lowest BCUT2D eigenvalue weighted by molar-refractivity contribution is -0.223. The van der Waals surface area contributed by atoms with Crippen LogP contribution < -0.4 is 10.3 Å². The van der Waals surface area contributed by atoms with E-state index in [0.717, 1.165) is 45.1 Å². The average Bonchev–Trinajstić information content (AvgIpc) is 3.25. The van der Waals surface area contributed by atoms with E-state index in [0.29, 0.717) is 18.8 Å². The molecule has 0 radical (unpaired) electrons. The fraction of sp³-hybridized carbons (Fsp3) is 0.800. The molecule has 0 aromatic carbocycles. The van der Waals surface area contributed by atoms with E-state index in [2.05, 4.69) is 4.98 Å². The van der Waals surface area contributed by atoms with Crippen molar-refractivity contribution in [1.29, 1.82) is 0 Å². The molecular formula is C20H28N2O7. The van der Waals surface area contributed by atoms with Gasteiger partial charge in [0.05, 0.1) is 6.61 Å². The first-order valence-corrected chi connectivity index (χ1v) is 10.6. The molecule has 0 bridgehead atoms. The Morgan fingerprint density at radius 2 is 1.90 bits per heavy atom. The number of rotatable bonds is 5. The summed E-state index contributed by atoms with van der Waals surface area (Å²) in [6.45, 7) is 3.50. The van der Waals surface area contributed by atoms with E-state index in [4.69, 9.17) is 28.4 Å². The first-order chi connectivity index (χ1) is 14.2. The summed E-state index contributed by atoms with van der Waals surface area (Å²) in [5, 5.41) is 0. The molecule has 160 valence electrons. The Labute approximate surface area is 169 Å². The van der Waals surface area contributed by atoms with E-state index < -0.39 is 12.3 Å². The molecule has 3 fully saturated rings. The number of nitrogens with zero attached hydrogens (tertiary/aromatic N) is 2. The second kappa shape index (κ2) is 8.31. The molecule has 0 aliphatic carbocycles. The van der Waals surface area contributed by atoms with Gasteiger partial charge in [0.1, 0.15) is 12.2 Å². The summed E-state index contributed by atoms with van der Waals surface area (Å²) < 4.78 is 37.8. The van der Waals surface area contributed by atoms with Crippen LogP contribution >= 0.6 is 0 Å². The zero-order valence-corrected chi connectivity index (χ0v) is 16.7. The van der Waals surface area contributed by atoms with Crippen molar-refractivity contribution in [3.8, 4) is 6.01 Å². The first-order valence-electron chi connectivity index (χ1n) is 10.6. The maximum atomic E-state index is 11.9. The summed E-state index contributed by atoms with van der Waals surface area (Å²) in [5.74, 6) is 0. The van der Waals surface area contributed by atoms with E-state index in [1.165, 1.54) is 0 Å². The van der Waals surface area contributed by atoms with Crippen LogP contribution in [0.1, 0.15) is 50.3 Å². The number of hydrogen-bond donors (Lipinski definition) is 0. The first kappa shape index (κ1) is 19.4. The zero-order chi connectivity index (χ0) is 19.8. The lowest BCUT2D eigenvalue weighted by Gasteiger charge is -2.30. The van der Waals surface area contributed by atoms with Crippen LogP contribution in [0.3, 0.4) is 0 Å². The van der Waals surface area contributed by atoms with Gasteiger partial charge in [-0.25, -0.2) is 0 Å². The van der Waals surface area contributed by atoms with Crippen LogP contribution in [0.2, 0.25) is 0 Å². The Kier molecular flexibility index (Phi) is 5.57. The molecule has 29 heavy (non-hydrogen) atoms. The van der Waals surface area contributed by atoms with E-state index in [1.54, 1.807) is 17.7 Å². The van der Waals surface area contributed by atoms with Gasteiger partial charge in [-0.2, -0.15) is 4.98 Å². The second-order valence-corrected chi connectivity index (χ2v) is 8.09. The molecule has 3 saturated heterocycles. The molecule has 0 amide bonds. The van der Waals surface area contributed by atoms with Crippen molar-refractivity contribution < 1.29 is 28.4 Å². The second-order valence-electron chi connectivity index (χ2n) is 8.09. The van der Waals surface area contributed by atoms with Gasteiger partial charge in [0.25, 0.3) is 5.56 Å². The number of aromatic nitrogens is 2. The summed E-state index contributed by atoms with van der Waals surface area (Å²) >= 11 is 0. The minimum Gasteiger partial charge on any atom is -0.453 e. The monoisotopic (exact) mass is 408 g/mol. The van der Waals surface area contributed by atoms with Crippen molar-refractivity contribution in [3.63, 3.8) is 0 Å². The minimum absolute atomic E-state index is 0.202. The van der Waals surface area contributed by atoms with Crippen molar-refractivity contribution in [2.75, 3.05) is 19.8 Å². The van der Waals surface area contributed by atoms with Gasteiger partial charge in [-0.3, -0.25) is 9.36 Å². The minimum atomic E-state index is -0.411. The molecule has 6 atom stereocenters. The topological polar surface area (TPSA) is 90.3 Å². The average molecular weight is 408 g/mol. The normalized spacial score (nSPS) is 36.4. The van der Waals surface area contributed by atoms with Gasteiger partial charge in [-0.05, 0) is 45.4 Å². The third-order valence-corrected chi connectivity index (χ3v) is 5.92. The highest BCUT2D eigenvalue weighted by Crippen LogP contribution is 2.41. The van der Waals surface area contributed by atoms with Gasteiger partial charge >= 0.3 is 6.01 Å². The number of hydrogen-bond acceptors (Lipinski definition) is 8. The predicted octanol–water partition coefficient (Wildman–Crippen LogP) is 1.67. The molecule has 5 heterocycles. The summed E-state index contributed by atoms with van der Waals surface area (Å²) in [7, 11) is 0. The number of fused-ring (bicyclic) bond motifs is 3. The summed E-state index contributed by atoms with van der Waals surface area (Å²) in [5.41, 5.74) is 0.253. The fourth-order valence-corrected chi connectivity index (χ4v) is 4.34. The van der Waals surface area contributed by atoms with E-state index in [1.807, 2.05) is 0 Å². The fourth-order valence-electron chi connectivity index (χ4n) is 4.34. The summed E-state index contributed by atoms with van der Waals surface area (Å²) in [6.07, 6.45) is 5.74. The van der Waals surface area contributed by atoms with Crippen LogP contribution in [0.4, 0.5) is 0 Å². The van der Waals surface area contributed by atoms with Crippen LogP contribution in [0, 0.1) is 6.92 Å². The van der Waals surface area contributed by atoms with Crippen molar-refractivity contribution >= 4 is 0 Å². The van der Waals surface area contributed by atoms with Gasteiger partial charge in [-0.1, -0.05) is 0 Å². The van der Waals surface area contributed by atoms with Gasteiger partial charge < -0.3 is 28.4 Å². The lowest BCUT2D eigenvalue weighted by atomic mass is 10.1. The summed E-state index contributed by atoms with van der Waals surface area (Å²) in [4.78, 5) is 15.9. The van der Waals surface area contributed by atoms with Crippen molar-refractivity contribution in [1.82, 2.24) is 9.55 Å². The maximum Gasteiger partial charge on any atom is 0.302 e. The Balaban J connectivity index is 1.33. The molecule has 0 spiro atoms. The number of aryl methyl sites for hydroxylation is 1. The smallest absolute Gasteiger partial charge is 0.302 e. The predicted molar refractivity (Wildman–Crippen MR) is 99.6 cm³/mol. The molecule has 4 unspecified atom stereocenters. The van der Waals surface area contributed by atoms with Crippen molar-refractivity contribution in [2.45, 2.75) is 82.6 Å². The van der Waals surface area contributed by atoms with Gasteiger partial charge in [0.15, 0.2) is 24.9 Å². The van der Waals surface area contributed by atoms with Crippen LogP contribution in [-0.4, -0.2) is 60.3 Å². The van der Waals surface area contributed by atoms with E-state index in [-0.39, 0.29) is 36.4 Å². The van der Waals surface area contributed by atoms with Gasteiger partial charge in [0, 0.05) is 25.0 Å². The molecule has 1 aromatic rings. The quantitative estimate of drug-likeness (QED) is 0.727. The Morgan fingerprint density at radius 3 is 2.62 bits per heavy atom. The Bertz CT molecular complexity index is 773. The highest BCUT2D eigenvalue weighted by atomic mass is 16.7. The van der Waals surface area contributed by atoms with Crippen LogP contribution in [0.5, 0.6) is 6.01 Å². The highest BCUT2D eigenvalue weighted by Gasteiger charge is 2.53. The molecule has 0 saturated carbocycles. The van der Waals surface area contributed by atoms with Crippen LogP contribution in [0.25, 0.3) is 0 Å². The zero-order valence-electron chi connectivity index (χ0n) is 16.7. The third kappa shape index (κ3) is 3.94. The van der Waals surface area contributed by atoms with Crippen molar-refractivity contribution in [3.05, 3.63) is 22.1 Å². The Morgan fingerprint density at radius 1 is 1.14 bits per heavy atom. The standard InChI is InChI=1S/C20H28N2O7/c1-12-10-22-19-17(29-20(22)21-18(12)23)16(28-15-7-3-5-9-25-15)13(27-19)11-26-14-6-2-4-8-24-14/h10,13-17,19H,2-9,11H2,1H3/t13-,14?,15?,16?,17?,19-/m1/s1. The van der Waals surface area contributed by atoms with Gasteiger partial charge in [-0.15, -0.1) is 0 Å². The number of ether oxygens (including phenoxy) is 6. The largest absolute Gasteiger partial charge is 0.453 e. The van der Waals surface area contributed by atoms with Gasteiger partial charge in [0.2, 0.25) is 0 Å². The molecule has 5 rings (SSSR count). The third-order valence-electron chi connectivity index (χ3n) is 5.92. The lowest BCUT2D eigenvalue weighted by Crippen LogP contribution is -2.43. The molecule has 4 aliphatic rings. The Hall–Kier alpha value is -1.52. The van der Waals surface area contributed by atoms with E-state index >= 15 is 0 Å². The maximum absolute atomic E-state index is 11.9. The summed E-state index contributed by atoms with van der Waals surface area (Å²) in [6, 6.07) is 0.267. The highest BCUT2D eigenvalue weighted by molar-refractivity contribution is 5.15. The molecule has 1 aromatic heterocycles. The van der Waals surface area contributed by atoms with Crippen molar-refractivity contribution in [2.24, 2.45) is 0 Å². The molecule has 9 heteroatoms. The molecule has 4 aliphatic heterocycles.